The van der Waals surface area contributed by atoms with Gasteiger partial charge in [-0.25, -0.2) is 0 Å². The van der Waals surface area contributed by atoms with E-state index in [-0.39, 0.29) is 11.6 Å². The average molecular weight is 397 g/mol. The van der Waals surface area contributed by atoms with Crippen molar-refractivity contribution in [3.63, 3.8) is 0 Å². The SMILES string of the molecule is CN=C(NCCCc1c(C)noc1C)NC1CC2(CCCC2)Oc2ccccc21. The maximum atomic E-state index is 6.47. The summed E-state index contributed by atoms with van der Waals surface area (Å²) in [6.07, 6.45) is 7.73. The molecular formula is C23H32N4O2. The molecule has 6 heteroatoms. The van der Waals surface area contributed by atoms with Gasteiger partial charge in [-0.3, -0.25) is 4.99 Å². The minimum atomic E-state index is -0.0196. The molecule has 2 aliphatic rings. The van der Waals surface area contributed by atoms with Crippen LogP contribution >= 0.6 is 0 Å². The molecule has 29 heavy (non-hydrogen) atoms. The fraction of sp³-hybridized carbons (Fsp3) is 0.565. The molecule has 1 saturated carbocycles. The zero-order chi connectivity index (χ0) is 20.3. The third kappa shape index (κ3) is 4.26. The zero-order valence-corrected chi connectivity index (χ0v) is 17.8. The van der Waals surface area contributed by atoms with E-state index in [4.69, 9.17) is 9.26 Å². The molecule has 1 aliphatic heterocycles. The fourth-order valence-electron chi connectivity index (χ4n) is 4.76. The monoisotopic (exact) mass is 396 g/mol. The summed E-state index contributed by atoms with van der Waals surface area (Å²) in [6, 6.07) is 8.63. The number of nitrogens with one attached hydrogen (secondary N) is 2. The zero-order valence-electron chi connectivity index (χ0n) is 17.8. The summed E-state index contributed by atoms with van der Waals surface area (Å²) in [6.45, 7) is 4.83. The Hall–Kier alpha value is -2.50. The van der Waals surface area contributed by atoms with E-state index < -0.39 is 0 Å². The minimum absolute atomic E-state index is 0.0196. The summed E-state index contributed by atoms with van der Waals surface area (Å²) in [5.74, 6) is 2.79. The number of benzene rings is 1. The van der Waals surface area contributed by atoms with Gasteiger partial charge < -0.3 is 19.9 Å². The number of aliphatic imine (C=N–C) groups is 1. The van der Waals surface area contributed by atoms with Crippen LogP contribution in [0, 0.1) is 13.8 Å². The normalized spacial score (nSPS) is 20.4. The van der Waals surface area contributed by atoms with Crippen molar-refractivity contribution in [2.75, 3.05) is 13.6 Å². The molecule has 4 rings (SSSR count). The fourth-order valence-corrected chi connectivity index (χ4v) is 4.76. The predicted molar refractivity (Wildman–Crippen MR) is 114 cm³/mol. The number of aryl methyl sites for hydroxylation is 2. The van der Waals surface area contributed by atoms with Crippen molar-refractivity contribution in [2.45, 2.75) is 70.4 Å². The lowest BCUT2D eigenvalue weighted by atomic mass is 9.86. The lowest BCUT2D eigenvalue weighted by molar-refractivity contribution is 0.0396. The molecule has 6 nitrogen and oxygen atoms in total. The van der Waals surface area contributed by atoms with Crippen molar-refractivity contribution in [1.82, 2.24) is 15.8 Å². The van der Waals surface area contributed by atoms with Crippen molar-refractivity contribution in [3.8, 4) is 5.75 Å². The molecule has 0 saturated heterocycles. The Kier molecular flexibility index (Phi) is 5.79. The van der Waals surface area contributed by atoms with E-state index in [0.29, 0.717) is 0 Å². The number of para-hydroxylation sites is 1. The standard InChI is InChI=1S/C23H32N4O2/c1-16-18(17(2)29-27-16)10-8-14-25-22(24-3)26-20-15-23(12-6-7-13-23)28-21-11-5-4-9-19(20)21/h4-5,9,11,20H,6-8,10,12-15H2,1-3H3,(H2,24,25,26). The Bertz CT molecular complexity index is 848. The number of ether oxygens (including phenoxy) is 1. The number of hydrogen-bond acceptors (Lipinski definition) is 4. The van der Waals surface area contributed by atoms with Crippen molar-refractivity contribution in [2.24, 2.45) is 4.99 Å². The van der Waals surface area contributed by atoms with Crippen LogP contribution in [0.3, 0.4) is 0 Å². The largest absolute Gasteiger partial charge is 0.487 e. The summed E-state index contributed by atoms with van der Waals surface area (Å²) >= 11 is 0. The molecule has 2 N–H and O–H groups in total. The van der Waals surface area contributed by atoms with E-state index in [0.717, 1.165) is 61.8 Å². The predicted octanol–water partition coefficient (Wildman–Crippen LogP) is 4.23. The number of nitrogens with zero attached hydrogens (tertiary/aromatic N) is 2. The summed E-state index contributed by atoms with van der Waals surface area (Å²) in [5, 5.41) is 11.2. The van der Waals surface area contributed by atoms with Gasteiger partial charge in [0.2, 0.25) is 0 Å². The van der Waals surface area contributed by atoms with Gasteiger partial charge >= 0.3 is 0 Å². The number of aromatic nitrogens is 1. The van der Waals surface area contributed by atoms with Gasteiger partial charge in [0.1, 0.15) is 17.1 Å². The highest BCUT2D eigenvalue weighted by Crippen LogP contribution is 2.46. The molecule has 1 spiro atoms. The number of fused-ring (bicyclic) bond motifs is 1. The molecule has 0 bridgehead atoms. The Morgan fingerprint density at radius 2 is 2.03 bits per heavy atom. The van der Waals surface area contributed by atoms with Crippen LogP contribution in [0.4, 0.5) is 0 Å². The highest BCUT2D eigenvalue weighted by Gasteiger charge is 2.43. The number of guanidine groups is 1. The second-order valence-electron chi connectivity index (χ2n) is 8.34. The van der Waals surface area contributed by atoms with Crippen LogP contribution < -0.4 is 15.4 Å². The average Bonchev–Trinajstić information content (AvgIpc) is 3.30. The van der Waals surface area contributed by atoms with Gasteiger partial charge in [-0.15, -0.1) is 0 Å². The van der Waals surface area contributed by atoms with Crippen LogP contribution in [0.5, 0.6) is 5.75 Å². The van der Waals surface area contributed by atoms with Gasteiger partial charge in [-0.1, -0.05) is 23.4 Å². The lowest BCUT2D eigenvalue weighted by Crippen LogP contribution is -2.46. The maximum Gasteiger partial charge on any atom is 0.191 e. The highest BCUT2D eigenvalue weighted by atomic mass is 16.5. The van der Waals surface area contributed by atoms with Crippen molar-refractivity contribution < 1.29 is 9.26 Å². The molecule has 2 heterocycles. The van der Waals surface area contributed by atoms with Gasteiger partial charge in [-0.05, 0) is 58.4 Å². The molecular weight excluding hydrogens is 364 g/mol. The van der Waals surface area contributed by atoms with Crippen LogP contribution in [0.2, 0.25) is 0 Å². The van der Waals surface area contributed by atoms with Gasteiger partial charge in [0.25, 0.3) is 0 Å². The van der Waals surface area contributed by atoms with Gasteiger partial charge in [0, 0.05) is 31.1 Å². The van der Waals surface area contributed by atoms with Crippen molar-refractivity contribution >= 4 is 5.96 Å². The van der Waals surface area contributed by atoms with Crippen molar-refractivity contribution in [3.05, 3.63) is 46.8 Å². The van der Waals surface area contributed by atoms with E-state index >= 15 is 0 Å². The van der Waals surface area contributed by atoms with Crippen LogP contribution in [0.1, 0.15) is 67.1 Å². The Balaban J connectivity index is 1.37. The van der Waals surface area contributed by atoms with Crippen LogP contribution in [-0.2, 0) is 6.42 Å². The third-order valence-electron chi connectivity index (χ3n) is 6.32. The second-order valence-corrected chi connectivity index (χ2v) is 8.34. The molecule has 1 fully saturated rings. The minimum Gasteiger partial charge on any atom is -0.487 e. The summed E-state index contributed by atoms with van der Waals surface area (Å²) in [4.78, 5) is 4.46. The van der Waals surface area contributed by atoms with Gasteiger partial charge in [-0.2, -0.15) is 0 Å². The first-order valence-corrected chi connectivity index (χ1v) is 10.8. The molecule has 1 aliphatic carbocycles. The lowest BCUT2D eigenvalue weighted by Gasteiger charge is -2.40. The number of hydrogen-bond donors (Lipinski definition) is 2. The molecule has 2 aromatic rings. The van der Waals surface area contributed by atoms with E-state index in [2.05, 4.69) is 45.0 Å². The smallest absolute Gasteiger partial charge is 0.191 e. The van der Waals surface area contributed by atoms with Crippen LogP contribution in [0.25, 0.3) is 0 Å². The summed E-state index contributed by atoms with van der Waals surface area (Å²) in [5.41, 5.74) is 3.42. The van der Waals surface area contributed by atoms with E-state index in [1.165, 1.54) is 24.0 Å². The van der Waals surface area contributed by atoms with Crippen LogP contribution in [-0.4, -0.2) is 30.3 Å². The summed E-state index contributed by atoms with van der Waals surface area (Å²) < 4.78 is 11.7. The summed E-state index contributed by atoms with van der Waals surface area (Å²) in [7, 11) is 1.83. The first-order chi connectivity index (χ1) is 14.1. The maximum absolute atomic E-state index is 6.47. The molecule has 0 radical (unpaired) electrons. The van der Waals surface area contributed by atoms with Crippen LogP contribution in [0.15, 0.2) is 33.8 Å². The topological polar surface area (TPSA) is 71.7 Å². The first kappa shape index (κ1) is 19.8. The molecule has 1 aromatic heterocycles. The van der Waals surface area contributed by atoms with E-state index in [1.54, 1.807) is 0 Å². The molecule has 1 aromatic carbocycles. The quantitative estimate of drug-likeness (QED) is 0.450. The molecule has 0 amide bonds. The van der Waals surface area contributed by atoms with Gasteiger partial charge in [0.15, 0.2) is 5.96 Å². The highest BCUT2D eigenvalue weighted by molar-refractivity contribution is 5.80. The van der Waals surface area contributed by atoms with E-state index in [9.17, 15) is 0 Å². The third-order valence-corrected chi connectivity index (χ3v) is 6.32. The Morgan fingerprint density at radius 1 is 1.24 bits per heavy atom. The molecule has 1 atom stereocenters. The van der Waals surface area contributed by atoms with Crippen molar-refractivity contribution in [1.29, 1.82) is 0 Å². The number of rotatable bonds is 5. The molecule has 1 unspecified atom stereocenters. The Labute approximate surface area is 173 Å². The van der Waals surface area contributed by atoms with Gasteiger partial charge in [0.05, 0.1) is 11.7 Å². The Morgan fingerprint density at radius 3 is 2.76 bits per heavy atom. The van der Waals surface area contributed by atoms with E-state index in [1.807, 2.05) is 20.9 Å². The molecule has 156 valence electrons. The second kappa shape index (κ2) is 8.47. The first-order valence-electron chi connectivity index (χ1n) is 10.8.